The van der Waals surface area contributed by atoms with Crippen molar-refractivity contribution >= 4 is 5.91 Å². The van der Waals surface area contributed by atoms with Gasteiger partial charge in [0, 0.05) is 18.3 Å². The first-order chi connectivity index (χ1) is 12.9. The number of carbonyl (C=O) groups excluding carboxylic acids is 1. The fourth-order valence-corrected chi connectivity index (χ4v) is 2.97. The van der Waals surface area contributed by atoms with Crippen LogP contribution in [0.3, 0.4) is 0 Å². The number of hydrogen-bond donors (Lipinski definition) is 2. The maximum Gasteiger partial charge on any atom is 0.349 e. The van der Waals surface area contributed by atoms with E-state index in [1.54, 1.807) is 26.1 Å². The molecule has 0 aliphatic heterocycles. The molecule has 1 unspecified atom stereocenters. The Kier molecular flexibility index (Phi) is 5.54. The van der Waals surface area contributed by atoms with Crippen LogP contribution in [-0.4, -0.2) is 15.9 Å². The van der Waals surface area contributed by atoms with Gasteiger partial charge in [-0.2, -0.15) is 0 Å². The van der Waals surface area contributed by atoms with Crippen molar-refractivity contribution in [3.8, 4) is 0 Å². The van der Waals surface area contributed by atoms with E-state index < -0.39 is 11.5 Å². The van der Waals surface area contributed by atoms with Crippen LogP contribution >= 0.6 is 0 Å². The van der Waals surface area contributed by atoms with Crippen LogP contribution in [0.25, 0.3) is 0 Å². The number of imidazole rings is 1. The smallest absolute Gasteiger partial charge is 0.349 e. The van der Waals surface area contributed by atoms with E-state index in [-0.39, 0.29) is 11.6 Å². The Morgan fingerprint density at radius 1 is 1.22 bits per heavy atom. The van der Waals surface area contributed by atoms with E-state index in [1.165, 1.54) is 5.56 Å². The maximum absolute atomic E-state index is 12.6. The molecule has 2 heterocycles. The molecule has 1 amide bonds. The summed E-state index contributed by atoms with van der Waals surface area (Å²) in [7, 11) is 0. The van der Waals surface area contributed by atoms with E-state index >= 15 is 0 Å². The van der Waals surface area contributed by atoms with Crippen LogP contribution in [0.4, 0.5) is 0 Å². The highest BCUT2D eigenvalue weighted by atomic mass is 16.4. The van der Waals surface area contributed by atoms with Crippen molar-refractivity contribution < 1.29 is 9.21 Å². The molecule has 2 aromatic heterocycles. The lowest BCUT2D eigenvalue weighted by molar-refractivity contribution is 0.0933. The third-order valence-corrected chi connectivity index (χ3v) is 4.41. The van der Waals surface area contributed by atoms with E-state index in [1.807, 2.05) is 37.3 Å². The highest BCUT2D eigenvalue weighted by molar-refractivity contribution is 5.95. The Labute approximate surface area is 157 Å². The van der Waals surface area contributed by atoms with Crippen LogP contribution in [0.2, 0.25) is 0 Å². The minimum Gasteiger partial charge on any atom is -0.427 e. The molecular weight excluding hydrogens is 342 g/mol. The molecule has 1 aromatic carbocycles. The molecule has 0 aliphatic rings. The Balaban J connectivity index is 1.72. The Morgan fingerprint density at radius 2 is 1.96 bits per heavy atom. The molecule has 2 N–H and O–H groups in total. The van der Waals surface area contributed by atoms with Crippen LogP contribution in [0.5, 0.6) is 0 Å². The zero-order valence-electron chi connectivity index (χ0n) is 15.7. The number of nitrogens with zero attached hydrogens (tertiary/aromatic N) is 1. The molecule has 1 atom stereocenters. The lowest BCUT2D eigenvalue weighted by Crippen LogP contribution is -2.32. The number of aromatic amines is 1. The summed E-state index contributed by atoms with van der Waals surface area (Å²) in [5, 5.41) is 2.79. The minimum absolute atomic E-state index is 0.0357. The van der Waals surface area contributed by atoms with Gasteiger partial charge in [-0.25, -0.2) is 9.78 Å². The van der Waals surface area contributed by atoms with Crippen molar-refractivity contribution in [2.75, 3.05) is 0 Å². The Bertz CT molecular complexity index is 989. The number of aromatic nitrogens is 2. The lowest BCUT2D eigenvalue weighted by Gasteiger charge is -2.12. The second-order valence-electron chi connectivity index (χ2n) is 6.69. The van der Waals surface area contributed by atoms with Gasteiger partial charge in [0.15, 0.2) is 0 Å². The van der Waals surface area contributed by atoms with Gasteiger partial charge in [-0.05, 0) is 44.4 Å². The largest absolute Gasteiger partial charge is 0.427 e. The second-order valence-corrected chi connectivity index (χ2v) is 6.69. The quantitative estimate of drug-likeness (QED) is 0.702. The van der Waals surface area contributed by atoms with Crippen molar-refractivity contribution in [1.29, 1.82) is 0 Å². The molecule has 0 bridgehead atoms. The molecular formula is C21H23N3O3. The van der Waals surface area contributed by atoms with Crippen molar-refractivity contribution in [3.63, 3.8) is 0 Å². The summed E-state index contributed by atoms with van der Waals surface area (Å²) < 4.78 is 5.38. The number of aryl methyl sites for hydroxylation is 4. The van der Waals surface area contributed by atoms with E-state index in [0.717, 1.165) is 12.1 Å². The molecule has 3 rings (SSSR count). The van der Waals surface area contributed by atoms with Gasteiger partial charge in [0.05, 0.1) is 6.04 Å². The summed E-state index contributed by atoms with van der Waals surface area (Å²) in [4.78, 5) is 32.2. The number of amides is 1. The van der Waals surface area contributed by atoms with Crippen molar-refractivity contribution in [3.05, 3.63) is 87.0 Å². The summed E-state index contributed by atoms with van der Waals surface area (Å²) in [5.74, 6) is 0.757. The summed E-state index contributed by atoms with van der Waals surface area (Å²) in [6.45, 7) is 5.44. The summed E-state index contributed by atoms with van der Waals surface area (Å²) in [6.07, 6.45) is 3.06. The molecule has 0 radical (unpaired) electrons. The van der Waals surface area contributed by atoms with Gasteiger partial charge in [-0.15, -0.1) is 0 Å². The van der Waals surface area contributed by atoms with Gasteiger partial charge in [0.25, 0.3) is 5.91 Å². The lowest BCUT2D eigenvalue weighted by atomic mass is 10.1. The fraction of sp³-hybridized carbons (Fsp3) is 0.286. The molecule has 3 aromatic rings. The number of H-pyrrole nitrogens is 1. The third-order valence-electron chi connectivity index (χ3n) is 4.41. The first kappa shape index (κ1) is 18.6. The van der Waals surface area contributed by atoms with Gasteiger partial charge in [-0.3, -0.25) is 4.79 Å². The van der Waals surface area contributed by atoms with Crippen LogP contribution in [0, 0.1) is 13.8 Å². The molecule has 0 spiro atoms. The van der Waals surface area contributed by atoms with Crippen molar-refractivity contribution in [2.24, 2.45) is 0 Å². The van der Waals surface area contributed by atoms with Crippen LogP contribution in [0.15, 0.2) is 51.8 Å². The van der Waals surface area contributed by atoms with E-state index in [9.17, 15) is 9.59 Å². The first-order valence-electron chi connectivity index (χ1n) is 8.94. The maximum atomic E-state index is 12.6. The molecule has 0 saturated heterocycles. The standard InChI is InChI=1S/C21H23N3O3/c1-13-11-17(10-9-16-7-5-4-6-8-16)27-21(26)18(13)20(25)24-15(3)19-22-12-14(2)23-19/h4-8,11-12,15H,9-10H2,1-3H3,(H,22,23)(H,24,25). The zero-order valence-corrected chi connectivity index (χ0v) is 15.7. The number of hydrogen-bond acceptors (Lipinski definition) is 4. The average molecular weight is 365 g/mol. The molecule has 6 nitrogen and oxygen atoms in total. The number of nitrogens with one attached hydrogen (secondary N) is 2. The fourth-order valence-electron chi connectivity index (χ4n) is 2.97. The topological polar surface area (TPSA) is 88.0 Å². The van der Waals surface area contributed by atoms with Gasteiger partial charge < -0.3 is 14.7 Å². The molecule has 140 valence electrons. The van der Waals surface area contributed by atoms with Crippen molar-refractivity contribution in [2.45, 2.75) is 39.7 Å². The Morgan fingerprint density at radius 3 is 2.59 bits per heavy atom. The number of carbonyl (C=O) groups is 1. The van der Waals surface area contributed by atoms with E-state index in [2.05, 4.69) is 15.3 Å². The van der Waals surface area contributed by atoms with Gasteiger partial charge in [-0.1, -0.05) is 30.3 Å². The highest BCUT2D eigenvalue weighted by Crippen LogP contribution is 2.13. The zero-order chi connectivity index (χ0) is 19.4. The first-order valence-corrected chi connectivity index (χ1v) is 8.94. The van der Waals surface area contributed by atoms with E-state index in [0.29, 0.717) is 23.6 Å². The minimum atomic E-state index is -0.613. The molecule has 0 fully saturated rings. The molecule has 0 aliphatic carbocycles. The predicted molar refractivity (Wildman–Crippen MR) is 103 cm³/mol. The molecule has 27 heavy (non-hydrogen) atoms. The van der Waals surface area contributed by atoms with Crippen LogP contribution < -0.4 is 10.9 Å². The second kappa shape index (κ2) is 8.03. The third kappa shape index (κ3) is 4.53. The normalized spacial score (nSPS) is 12.0. The van der Waals surface area contributed by atoms with Gasteiger partial charge in [0.1, 0.15) is 17.1 Å². The van der Waals surface area contributed by atoms with Crippen LogP contribution in [0.1, 0.15) is 51.7 Å². The number of rotatable bonds is 6. The van der Waals surface area contributed by atoms with Gasteiger partial charge >= 0.3 is 5.63 Å². The predicted octanol–water partition coefficient (Wildman–Crippen LogP) is 3.26. The average Bonchev–Trinajstić information content (AvgIpc) is 3.07. The van der Waals surface area contributed by atoms with Gasteiger partial charge in [0.2, 0.25) is 0 Å². The molecule has 6 heteroatoms. The monoisotopic (exact) mass is 365 g/mol. The van der Waals surface area contributed by atoms with Crippen molar-refractivity contribution in [1.82, 2.24) is 15.3 Å². The van der Waals surface area contributed by atoms with Crippen LogP contribution in [-0.2, 0) is 12.8 Å². The SMILES string of the molecule is Cc1cnc(C(C)NC(=O)c2c(C)cc(CCc3ccccc3)oc2=O)[nH]1. The van der Waals surface area contributed by atoms with E-state index in [4.69, 9.17) is 4.42 Å². The summed E-state index contributed by atoms with van der Waals surface area (Å²) in [6, 6.07) is 11.4. The summed E-state index contributed by atoms with van der Waals surface area (Å²) in [5.41, 5.74) is 2.10. The summed E-state index contributed by atoms with van der Waals surface area (Å²) >= 11 is 0. The Hall–Kier alpha value is -3.15. The highest BCUT2D eigenvalue weighted by Gasteiger charge is 2.20. The molecule has 0 saturated carbocycles. The number of benzene rings is 1.